The van der Waals surface area contributed by atoms with E-state index in [1.54, 1.807) is 29.1 Å². The average Bonchev–Trinajstić information content (AvgIpc) is 3.11. The molecule has 0 aliphatic carbocycles. The Morgan fingerprint density at radius 1 is 1.04 bits per heavy atom. The van der Waals surface area contributed by atoms with E-state index in [0.29, 0.717) is 18.5 Å². The molecule has 3 aromatic rings. The zero-order valence-corrected chi connectivity index (χ0v) is 14.3. The Balaban J connectivity index is 1.50. The van der Waals surface area contributed by atoms with Crippen LogP contribution in [-0.4, -0.2) is 28.1 Å². The number of para-hydroxylation sites is 1. The minimum atomic E-state index is -0.452. The first-order chi connectivity index (χ1) is 12.6. The molecule has 6 heteroatoms. The minimum Gasteiger partial charge on any atom is -0.366 e. The molecule has 132 valence electrons. The molecule has 6 nitrogen and oxygen atoms in total. The summed E-state index contributed by atoms with van der Waals surface area (Å²) in [7, 11) is 0. The maximum Gasteiger partial charge on any atom is 0.248 e. The van der Waals surface area contributed by atoms with Crippen LogP contribution in [0.15, 0.2) is 67.0 Å². The van der Waals surface area contributed by atoms with Gasteiger partial charge in [-0.05, 0) is 41.8 Å². The lowest BCUT2D eigenvalue weighted by Gasteiger charge is -2.05. The number of benzene rings is 2. The van der Waals surface area contributed by atoms with Gasteiger partial charge in [0.1, 0.15) is 0 Å². The van der Waals surface area contributed by atoms with Gasteiger partial charge in [0.15, 0.2) is 0 Å². The highest BCUT2D eigenvalue weighted by Gasteiger charge is 2.07. The standard InChI is InChI=1S/C20H20N4O2/c21-20(26)17-6-4-5-15(11-17)9-10-22-19(25)12-16-13-23-24(14-16)18-7-2-1-3-8-18/h1-8,11,13-14H,9-10,12H2,(H2,21,26)(H,22,25). The van der Waals surface area contributed by atoms with Crippen LogP contribution in [0.25, 0.3) is 5.69 Å². The van der Waals surface area contributed by atoms with E-state index >= 15 is 0 Å². The molecule has 0 atom stereocenters. The molecule has 26 heavy (non-hydrogen) atoms. The van der Waals surface area contributed by atoms with Gasteiger partial charge in [0.05, 0.1) is 18.3 Å². The van der Waals surface area contributed by atoms with Crippen molar-refractivity contribution in [2.24, 2.45) is 5.73 Å². The monoisotopic (exact) mass is 348 g/mol. The second-order valence-corrected chi connectivity index (χ2v) is 5.97. The summed E-state index contributed by atoms with van der Waals surface area (Å²) in [5, 5.41) is 7.17. The summed E-state index contributed by atoms with van der Waals surface area (Å²) in [6.07, 6.45) is 4.46. The first kappa shape index (κ1) is 17.4. The van der Waals surface area contributed by atoms with E-state index in [2.05, 4.69) is 10.4 Å². The largest absolute Gasteiger partial charge is 0.366 e. The van der Waals surface area contributed by atoms with Crippen LogP contribution in [0.4, 0.5) is 0 Å². The van der Waals surface area contributed by atoms with Gasteiger partial charge in [0.2, 0.25) is 11.8 Å². The molecular formula is C20H20N4O2. The molecule has 0 saturated carbocycles. The molecule has 0 spiro atoms. The summed E-state index contributed by atoms with van der Waals surface area (Å²) >= 11 is 0. The van der Waals surface area contributed by atoms with Crippen LogP contribution < -0.4 is 11.1 Å². The molecule has 0 aliphatic heterocycles. The Labute approximate surface area is 151 Å². The molecule has 2 aromatic carbocycles. The first-order valence-corrected chi connectivity index (χ1v) is 8.36. The molecule has 0 radical (unpaired) electrons. The Hall–Kier alpha value is -3.41. The number of carbonyl (C=O) groups is 2. The van der Waals surface area contributed by atoms with Crippen LogP contribution in [0.3, 0.4) is 0 Å². The van der Waals surface area contributed by atoms with E-state index < -0.39 is 5.91 Å². The highest BCUT2D eigenvalue weighted by Crippen LogP contribution is 2.08. The fraction of sp³-hybridized carbons (Fsp3) is 0.150. The molecule has 3 N–H and O–H groups in total. The van der Waals surface area contributed by atoms with E-state index in [-0.39, 0.29) is 12.3 Å². The van der Waals surface area contributed by atoms with Gasteiger partial charge in [-0.1, -0.05) is 30.3 Å². The number of nitrogens with one attached hydrogen (secondary N) is 1. The van der Waals surface area contributed by atoms with Crippen molar-refractivity contribution in [3.63, 3.8) is 0 Å². The third kappa shape index (κ3) is 4.57. The van der Waals surface area contributed by atoms with Crippen molar-refractivity contribution in [3.8, 4) is 5.69 Å². The minimum absolute atomic E-state index is 0.0660. The molecule has 0 unspecified atom stereocenters. The van der Waals surface area contributed by atoms with Gasteiger partial charge < -0.3 is 11.1 Å². The number of rotatable bonds is 7. The van der Waals surface area contributed by atoms with Crippen molar-refractivity contribution in [3.05, 3.63) is 83.7 Å². The molecule has 2 amide bonds. The molecule has 1 aromatic heterocycles. The topological polar surface area (TPSA) is 90.0 Å². The summed E-state index contributed by atoms with van der Waals surface area (Å²) in [5.74, 6) is -0.519. The van der Waals surface area contributed by atoms with Crippen molar-refractivity contribution < 1.29 is 9.59 Å². The number of primary amides is 1. The Morgan fingerprint density at radius 2 is 1.85 bits per heavy atom. The predicted molar refractivity (Wildman–Crippen MR) is 98.9 cm³/mol. The van der Waals surface area contributed by atoms with Crippen LogP contribution in [-0.2, 0) is 17.6 Å². The Morgan fingerprint density at radius 3 is 2.62 bits per heavy atom. The van der Waals surface area contributed by atoms with Gasteiger partial charge in [-0.3, -0.25) is 9.59 Å². The van der Waals surface area contributed by atoms with Crippen LogP contribution in [0.2, 0.25) is 0 Å². The number of nitrogens with zero attached hydrogens (tertiary/aromatic N) is 2. The lowest BCUT2D eigenvalue weighted by atomic mass is 10.1. The molecule has 0 fully saturated rings. The lowest BCUT2D eigenvalue weighted by molar-refractivity contribution is -0.120. The summed E-state index contributed by atoms with van der Waals surface area (Å²) in [6, 6.07) is 16.9. The van der Waals surface area contributed by atoms with E-state index in [0.717, 1.165) is 16.8 Å². The number of amides is 2. The Bertz CT molecular complexity index is 903. The molecule has 1 heterocycles. The zero-order chi connectivity index (χ0) is 18.4. The molecule has 0 saturated heterocycles. The number of nitrogens with two attached hydrogens (primary N) is 1. The lowest BCUT2D eigenvalue weighted by Crippen LogP contribution is -2.27. The van der Waals surface area contributed by atoms with Crippen molar-refractivity contribution in [1.82, 2.24) is 15.1 Å². The highest BCUT2D eigenvalue weighted by molar-refractivity contribution is 5.92. The van der Waals surface area contributed by atoms with Gasteiger partial charge in [0.25, 0.3) is 0 Å². The number of hydrogen-bond acceptors (Lipinski definition) is 3. The average molecular weight is 348 g/mol. The van der Waals surface area contributed by atoms with Crippen LogP contribution in [0.5, 0.6) is 0 Å². The summed E-state index contributed by atoms with van der Waals surface area (Å²) in [5.41, 5.74) is 8.51. The van der Waals surface area contributed by atoms with E-state index in [1.165, 1.54) is 0 Å². The zero-order valence-electron chi connectivity index (χ0n) is 14.3. The number of aromatic nitrogens is 2. The van der Waals surface area contributed by atoms with E-state index in [9.17, 15) is 9.59 Å². The summed E-state index contributed by atoms with van der Waals surface area (Å²) < 4.78 is 1.75. The van der Waals surface area contributed by atoms with E-state index in [4.69, 9.17) is 5.73 Å². The number of carbonyl (C=O) groups excluding carboxylic acids is 2. The fourth-order valence-corrected chi connectivity index (χ4v) is 2.65. The SMILES string of the molecule is NC(=O)c1cccc(CCNC(=O)Cc2cnn(-c3ccccc3)c2)c1. The Kier molecular flexibility index (Phi) is 5.43. The molecule has 0 aliphatic rings. The molecular weight excluding hydrogens is 328 g/mol. The third-order valence-electron chi connectivity index (χ3n) is 3.97. The molecule has 3 rings (SSSR count). The van der Waals surface area contributed by atoms with Crippen molar-refractivity contribution in [1.29, 1.82) is 0 Å². The maximum absolute atomic E-state index is 12.1. The van der Waals surface area contributed by atoms with Crippen molar-refractivity contribution >= 4 is 11.8 Å². The van der Waals surface area contributed by atoms with Crippen molar-refractivity contribution in [2.75, 3.05) is 6.54 Å². The second kappa shape index (κ2) is 8.11. The normalized spacial score (nSPS) is 10.5. The van der Waals surface area contributed by atoms with Gasteiger partial charge in [0, 0.05) is 18.3 Å². The maximum atomic E-state index is 12.1. The fourth-order valence-electron chi connectivity index (χ4n) is 2.65. The van der Waals surface area contributed by atoms with Crippen LogP contribution >= 0.6 is 0 Å². The van der Waals surface area contributed by atoms with Crippen LogP contribution in [0.1, 0.15) is 21.5 Å². The first-order valence-electron chi connectivity index (χ1n) is 8.36. The van der Waals surface area contributed by atoms with Crippen LogP contribution in [0, 0.1) is 0 Å². The van der Waals surface area contributed by atoms with Gasteiger partial charge >= 0.3 is 0 Å². The van der Waals surface area contributed by atoms with Crippen molar-refractivity contribution in [2.45, 2.75) is 12.8 Å². The van der Waals surface area contributed by atoms with Gasteiger partial charge in [-0.2, -0.15) is 5.10 Å². The third-order valence-corrected chi connectivity index (χ3v) is 3.97. The summed E-state index contributed by atoms with van der Waals surface area (Å²) in [6.45, 7) is 0.494. The quantitative estimate of drug-likeness (QED) is 0.683. The van der Waals surface area contributed by atoms with Gasteiger partial charge in [-0.15, -0.1) is 0 Å². The number of hydrogen-bond donors (Lipinski definition) is 2. The van der Waals surface area contributed by atoms with E-state index in [1.807, 2.05) is 42.6 Å². The smallest absolute Gasteiger partial charge is 0.248 e. The second-order valence-electron chi connectivity index (χ2n) is 5.97. The summed E-state index contributed by atoms with van der Waals surface area (Å²) in [4.78, 5) is 23.3. The predicted octanol–water partition coefficient (Wildman–Crippen LogP) is 1.87. The molecule has 0 bridgehead atoms. The van der Waals surface area contributed by atoms with Gasteiger partial charge in [-0.25, -0.2) is 4.68 Å². The highest BCUT2D eigenvalue weighted by atomic mass is 16.1.